The molecule has 6 heteroatoms. The lowest BCUT2D eigenvalue weighted by Gasteiger charge is -2.10. The molecule has 1 aromatic carbocycles. The summed E-state index contributed by atoms with van der Waals surface area (Å²) in [6, 6.07) is 4.83. The van der Waals surface area contributed by atoms with Gasteiger partial charge in [0.15, 0.2) is 0 Å². The maximum atomic E-state index is 13.5. The van der Waals surface area contributed by atoms with Gasteiger partial charge in [-0.25, -0.2) is 9.18 Å². The molecule has 0 unspecified atom stereocenters. The number of benzene rings is 1. The number of thiophene rings is 1. The fraction of sp³-hybridized carbons (Fsp3) is 0.154. The molecule has 19 heavy (non-hydrogen) atoms. The van der Waals surface area contributed by atoms with Gasteiger partial charge in [-0.3, -0.25) is 0 Å². The molecule has 2 rings (SSSR count). The highest BCUT2D eigenvalue weighted by molar-refractivity contribution is 9.10. The Labute approximate surface area is 122 Å². The highest BCUT2D eigenvalue weighted by Crippen LogP contribution is 2.25. The van der Waals surface area contributed by atoms with E-state index >= 15 is 0 Å². The van der Waals surface area contributed by atoms with Crippen LogP contribution in [0.5, 0.6) is 0 Å². The SMILES string of the molecule is Cc1cc(Br)c(F)cc1NCc1ccsc1C(=O)O. The third kappa shape index (κ3) is 3.13. The minimum Gasteiger partial charge on any atom is -0.477 e. The van der Waals surface area contributed by atoms with Gasteiger partial charge < -0.3 is 10.4 Å². The summed E-state index contributed by atoms with van der Waals surface area (Å²) in [5.41, 5.74) is 2.24. The largest absolute Gasteiger partial charge is 0.477 e. The van der Waals surface area contributed by atoms with Gasteiger partial charge in [-0.15, -0.1) is 11.3 Å². The number of nitrogens with one attached hydrogen (secondary N) is 1. The number of carboxylic acid groups (broad SMARTS) is 1. The van der Waals surface area contributed by atoms with Crippen LogP contribution in [-0.2, 0) is 6.54 Å². The Morgan fingerprint density at radius 2 is 2.26 bits per heavy atom. The first-order valence-electron chi connectivity index (χ1n) is 5.48. The summed E-state index contributed by atoms with van der Waals surface area (Å²) in [6.07, 6.45) is 0. The van der Waals surface area contributed by atoms with Crippen molar-refractivity contribution in [1.29, 1.82) is 0 Å². The number of carboxylic acids is 1. The fourth-order valence-corrected chi connectivity index (χ4v) is 2.91. The molecule has 0 saturated carbocycles. The maximum absolute atomic E-state index is 13.5. The number of aromatic carboxylic acids is 1. The van der Waals surface area contributed by atoms with Crippen LogP contribution in [-0.4, -0.2) is 11.1 Å². The maximum Gasteiger partial charge on any atom is 0.346 e. The average Bonchev–Trinajstić information content (AvgIpc) is 2.80. The standard InChI is InChI=1S/C13H11BrFNO2S/c1-7-4-9(14)10(15)5-11(7)16-6-8-2-3-19-12(8)13(17)18/h2-5,16H,6H2,1H3,(H,17,18). The zero-order valence-corrected chi connectivity index (χ0v) is 12.4. The lowest BCUT2D eigenvalue weighted by molar-refractivity contribution is 0.0701. The van der Waals surface area contributed by atoms with Crippen LogP contribution in [0.1, 0.15) is 20.8 Å². The first-order valence-corrected chi connectivity index (χ1v) is 7.15. The number of halogens is 2. The quantitative estimate of drug-likeness (QED) is 0.871. The van der Waals surface area contributed by atoms with Crippen LogP contribution in [0.15, 0.2) is 28.1 Å². The molecule has 0 fully saturated rings. The highest BCUT2D eigenvalue weighted by atomic mass is 79.9. The number of carbonyl (C=O) groups is 1. The van der Waals surface area contributed by atoms with Gasteiger partial charge in [0.25, 0.3) is 0 Å². The third-order valence-electron chi connectivity index (χ3n) is 2.68. The minimum absolute atomic E-state index is 0.308. The van der Waals surface area contributed by atoms with Crippen molar-refractivity contribution in [2.75, 3.05) is 5.32 Å². The van der Waals surface area contributed by atoms with Crippen LogP contribution in [0.2, 0.25) is 0 Å². The van der Waals surface area contributed by atoms with E-state index in [1.165, 1.54) is 17.4 Å². The van der Waals surface area contributed by atoms with Crippen molar-refractivity contribution in [3.63, 3.8) is 0 Å². The van der Waals surface area contributed by atoms with Crippen LogP contribution < -0.4 is 5.32 Å². The number of hydrogen-bond acceptors (Lipinski definition) is 3. The smallest absolute Gasteiger partial charge is 0.346 e. The Hall–Kier alpha value is -1.40. The average molecular weight is 344 g/mol. The Bertz CT molecular complexity index is 627. The molecule has 3 nitrogen and oxygen atoms in total. The van der Waals surface area contributed by atoms with Crippen molar-refractivity contribution in [3.8, 4) is 0 Å². The molecule has 0 amide bonds. The summed E-state index contributed by atoms with van der Waals surface area (Å²) < 4.78 is 13.9. The van der Waals surface area contributed by atoms with E-state index in [0.717, 1.165) is 5.56 Å². The van der Waals surface area contributed by atoms with E-state index < -0.39 is 5.97 Å². The molecule has 0 spiro atoms. The second-order valence-corrected chi connectivity index (χ2v) is 5.79. The number of aryl methyl sites for hydroxylation is 1. The van der Waals surface area contributed by atoms with Gasteiger partial charge in [-0.2, -0.15) is 0 Å². The normalized spacial score (nSPS) is 10.5. The van der Waals surface area contributed by atoms with Gasteiger partial charge in [-0.05, 0) is 57.6 Å². The van der Waals surface area contributed by atoms with Crippen molar-refractivity contribution in [1.82, 2.24) is 0 Å². The summed E-state index contributed by atoms with van der Waals surface area (Å²) in [4.78, 5) is 11.3. The zero-order chi connectivity index (χ0) is 14.0. The predicted molar refractivity (Wildman–Crippen MR) is 77.4 cm³/mol. The van der Waals surface area contributed by atoms with Gasteiger partial charge >= 0.3 is 5.97 Å². The van der Waals surface area contributed by atoms with Crippen molar-refractivity contribution in [2.24, 2.45) is 0 Å². The van der Waals surface area contributed by atoms with Gasteiger partial charge in [0.2, 0.25) is 0 Å². The van der Waals surface area contributed by atoms with Gasteiger partial charge in [0.1, 0.15) is 10.7 Å². The zero-order valence-electron chi connectivity index (χ0n) is 10.0. The fourth-order valence-electron chi connectivity index (χ4n) is 1.69. The Morgan fingerprint density at radius 3 is 2.95 bits per heavy atom. The van der Waals surface area contributed by atoms with Crippen molar-refractivity contribution >= 4 is 38.9 Å². The molecule has 100 valence electrons. The van der Waals surface area contributed by atoms with E-state index in [1.807, 2.05) is 6.92 Å². The number of anilines is 1. The van der Waals surface area contributed by atoms with Crippen LogP contribution in [0.3, 0.4) is 0 Å². The minimum atomic E-state index is -0.939. The van der Waals surface area contributed by atoms with Gasteiger partial charge in [0, 0.05) is 12.2 Å². The molecule has 0 radical (unpaired) electrons. The Kier molecular flexibility index (Phi) is 4.21. The highest BCUT2D eigenvalue weighted by Gasteiger charge is 2.12. The van der Waals surface area contributed by atoms with Gasteiger partial charge in [0.05, 0.1) is 4.47 Å². The molecule has 2 N–H and O–H groups in total. The summed E-state index contributed by atoms with van der Waals surface area (Å²) in [6.45, 7) is 2.21. The molecule has 0 bridgehead atoms. The molecule has 1 heterocycles. The van der Waals surface area contributed by atoms with Crippen LogP contribution in [0.4, 0.5) is 10.1 Å². The van der Waals surface area contributed by atoms with Crippen LogP contribution in [0.25, 0.3) is 0 Å². The second kappa shape index (κ2) is 5.71. The summed E-state index contributed by atoms with van der Waals surface area (Å²) in [7, 11) is 0. The Morgan fingerprint density at radius 1 is 1.53 bits per heavy atom. The van der Waals surface area contributed by atoms with Crippen LogP contribution >= 0.6 is 27.3 Å². The first-order chi connectivity index (χ1) is 8.99. The van der Waals surface area contributed by atoms with Crippen molar-refractivity contribution in [3.05, 3.63) is 49.9 Å². The van der Waals surface area contributed by atoms with Crippen molar-refractivity contribution < 1.29 is 14.3 Å². The topological polar surface area (TPSA) is 49.3 Å². The molecule has 2 aromatic rings. The Balaban J connectivity index is 2.17. The summed E-state index contributed by atoms with van der Waals surface area (Å²) >= 11 is 4.30. The van der Waals surface area contributed by atoms with Gasteiger partial charge in [-0.1, -0.05) is 0 Å². The molecule has 0 aliphatic carbocycles. The van der Waals surface area contributed by atoms with Crippen molar-refractivity contribution in [2.45, 2.75) is 13.5 Å². The first kappa shape index (κ1) is 14.0. The molecule has 0 saturated heterocycles. The van der Waals surface area contributed by atoms with E-state index in [-0.39, 0.29) is 5.82 Å². The lowest BCUT2D eigenvalue weighted by Crippen LogP contribution is -2.05. The van der Waals surface area contributed by atoms with E-state index in [9.17, 15) is 9.18 Å². The third-order valence-corrected chi connectivity index (χ3v) is 4.23. The second-order valence-electron chi connectivity index (χ2n) is 4.01. The van der Waals surface area contributed by atoms with E-state index in [4.69, 9.17) is 5.11 Å². The molecule has 0 aliphatic rings. The predicted octanol–water partition coefficient (Wildman–Crippen LogP) is 4.27. The molecular formula is C13H11BrFNO2S. The molecular weight excluding hydrogens is 333 g/mol. The van der Waals surface area contributed by atoms with E-state index in [1.54, 1.807) is 17.5 Å². The molecule has 0 aliphatic heterocycles. The monoisotopic (exact) mass is 343 g/mol. The van der Waals surface area contributed by atoms with E-state index in [2.05, 4.69) is 21.2 Å². The lowest BCUT2D eigenvalue weighted by atomic mass is 10.2. The number of rotatable bonds is 4. The molecule has 0 atom stereocenters. The van der Waals surface area contributed by atoms with E-state index in [0.29, 0.717) is 27.1 Å². The molecule has 1 aromatic heterocycles. The number of hydrogen-bond donors (Lipinski definition) is 2. The summed E-state index contributed by atoms with van der Waals surface area (Å²) in [5.74, 6) is -1.29. The summed E-state index contributed by atoms with van der Waals surface area (Å²) in [5, 5.41) is 13.8. The van der Waals surface area contributed by atoms with Crippen LogP contribution in [0, 0.1) is 12.7 Å².